The number of hydrogen-bond donors (Lipinski definition) is 1. The second-order valence-corrected chi connectivity index (χ2v) is 11.9. The molecule has 4 aromatic heterocycles. The number of hydrogen-bond acceptors (Lipinski definition) is 7. The second-order valence-electron chi connectivity index (χ2n) is 11.9. The van der Waals surface area contributed by atoms with Gasteiger partial charge in [-0.15, -0.1) is 0 Å². The lowest BCUT2D eigenvalue weighted by atomic mass is 9.86. The number of rotatable bonds is 5. The van der Waals surface area contributed by atoms with Gasteiger partial charge in [-0.25, -0.2) is 9.37 Å². The predicted molar refractivity (Wildman–Crippen MR) is 164 cm³/mol. The molecule has 0 fully saturated rings. The second kappa shape index (κ2) is 10.6. The Morgan fingerprint density at radius 1 is 1.14 bits per heavy atom. The fourth-order valence-electron chi connectivity index (χ4n) is 5.59. The van der Waals surface area contributed by atoms with Gasteiger partial charge in [0.1, 0.15) is 11.5 Å². The zero-order valence-corrected chi connectivity index (χ0v) is 25.1. The van der Waals surface area contributed by atoms with Crippen LogP contribution >= 0.6 is 0 Å². The topological polar surface area (TPSA) is 109 Å². The summed E-state index contributed by atoms with van der Waals surface area (Å²) in [6, 6.07) is 8.72. The number of aromatic nitrogens is 6. The van der Waals surface area contributed by atoms with Crippen LogP contribution in [0.25, 0.3) is 27.7 Å². The summed E-state index contributed by atoms with van der Waals surface area (Å²) in [4.78, 5) is 31.3. The van der Waals surface area contributed by atoms with E-state index >= 15 is 4.39 Å². The van der Waals surface area contributed by atoms with E-state index in [1.807, 2.05) is 57.5 Å². The van der Waals surface area contributed by atoms with Crippen LogP contribution < -0.4 is 16.4 Å². The zero-order chi connectivity index (χ0) is 30.6. The molecule has 1 N–H and O–H groups in total. The van der Waals surface area contributed by atoms with Crippen molar-refractivity contribution >= 4 is 22.3 Å². The number of ether oxygens (including phenoxy) is 1. The van der Waals surface area contributed by atoms with Gasteiger partial charge in [-0.2, -0.15) is 14.9 Å². The molecule has 0 saturated carbocycles. The number of fused-ring (bicyclic) bond motifs is 2. The van der Waals surface area contributed by atoms with Crippen molar-refractivity contribution in [3.8, 4) is 16.9 Å². The molecule has 0 amide bonds. The standard InChI is InChI=1S/C32H34FN7O3/c1-7-22-23(20-13-25(30(41)38(6)17-20)36-27-15-26-18(2)43-11-10-39(26)37-27)8-9-34-29(22)40-31(42)28-19(16-35-40)12-21(14-24(28)33)32(3,4)5/h8-9,12-18H,7,10-11H2,1-6H3,(H,36,37). The molecule has 0 bridgehead atoms. The third-order valence-electron chi connectivity index (χ3n) is 7.95. The molecule has 1 unspecified atom stereocenters. The first-order valence-electron chi connectivity index (χ1n) is 14.3. The van der Waals surface area contributed by atoms with Gasteiger partial charge in [0.25, 0.3) is 11.1 Å². The summed E-state index contributed by atoms with van der Waals surface area (Å²) < 4.78 is 25.6. The van der Waals surface area contributed by atoms with Crippen molar-refractivity contribution in [3.63, 3.8) is 0 Å². The molecule has 5 heterocycles. The minimum Gasteiger partial charge on any atom is -0.370 e. The molecule has 1 aromatic carbocycles. The molecule has 0 saturated heterocycles. The van der Waals surface area contributed by atoms with E-state index in [1.54, 1.807) is 25.5 Å². The molecule has 43 heavy (non-hydrogen) atoms. The number of nitrogens with zero attached hydrogens (tertiary/aromatic N) is 6. The van der Waals surface area contributed by atoms with Gasteiger partial charge in [0.05, 0.1) is 36.5 Å². The van der Waals surface area contributed by atoms with Crippen LogP contribution in [0.4, 0.5) is 15.9 Å². The van der Waals surface area contributed by atoms with E-state index in [1.165, 1.54) is 16.8 Å². The van der Waals surface area contributed by atoms with E-state index in [2.05, 4.69) is 20.5 Å². The molecule has 11 heteroatoms. The van der Waals surface area contributed by atoms with E-state index in [9.17, 15) is 9.59 Å². The van der Waals surface area contributed by atoms with Crippen molar-refractivity contribution in [3.05, 3.63) is 92.3 Å². The Balaban J connectivity index is 1.44. The number of pyridine rings is 2. The lowest BCUT2D eigenvalue weighted by Crippen LogP contribution is -2.25. The summed E-state index contributed by atoms with van der Waals surface area (Å²) in [5, 5.41) is 12.6. The maximum Gasteiger partial charge on any atom is 0.283 e. The maximum absolute atomic E-state index is 15.3. The van der Waals surface area contributed by atoms with Gasteiger partial charge in [0.2, 0.25) is 0 Å². The van der Waals surface area contributed by atoms with Crippen molar-refractivity contribution in [2.75, 3.05) is 11.9 Å². The summed E-state index contributed by atoms with van der Waals surface area (Å²) in [5.74, 6) is 0.273. The molecule has 6 rings (SSSR count). The summed E-state index contributed by atoms with van der Waals surface area (Å²) in [5.41, 5.74) is 3.22. The Morgan fingerprint density at radius 2 is 1.93 bits per heavy atom. The largest absolute Gasteiger partial charge is 0.370 e. The highest BCUT2D eigenvalue weighted by atomic mass is 19.1. The minimum absolute atomic E-state index is 0.0340. The maximum atomic E-state index is 15.3. The third-order valence-corrected chi connectivity index (χ3v) is 7.95. The number of nitrogens with one attached hydrogen (secondary N) is 1. The lowest BCUT2D eigenvalue weighted by Gasteiger charge is -2.20. The number of benzene rings is 1. The van der Waals surface area contributed by atoms with Crippen LogP contribution in [0.15, 0.2) is 58.5 Å². The van der Waals surface area contributed by atoms with Gasteiger partial charge in [-0.05, 0) is 54.2 Å². The van der Waals surface area contributed by atoms with Gasteiger partial charge in [-0.1, -0.05) is 27.7 Å². The highest BCUT2D eigenvalue weighted by Crippen LogP contribution is 2.31. The van der Waals surface area contributed by atoms with Gasteiger partial charge in [0, 0.05) is 42.0 Å². The van der Waals surface area contributed by atoms with E-state index in [-0.39, 0.29) is 22.5 Å². The van der Waals surface area contributed by atoms with Gasteiger partial charge < -0.3 is 14.6 Å². The van der Waals surface area contributed by atoms with Crippen molar-refractivity contribution in [2.45, 2.75) is 59.1 Å². The quantitative estimate of drug-likeness (QED) is 0.304. The van der Waals surface area contributed by atoms with Crippen LogP contribution in [-0.2, 0) is 30.2 Å². The number of halogens is 1. The van der Waals surface area contributed by atoms with Crippen LogP contribution in [-0.4, -0.2) is 35.7 Å². The Kier molecular flexibility index (Phi) is 7.00. The summed E-state index contributed by atoms with van der Waals surface area (Å²) in [6.45, 7) is 11.1. The average molecular weight is 584 g/mol. The Labute approximate surface area is 247 Å². The van der Waals surface area contributed by atoms with E-state index in [0.29, 0.717) is 42.3 Å². The SMILES string of the molecule is CCc1c(-c2cc(Nc3cc4n(n3)CCOC4C)c(=O)n(C)c2)ccnc1-n1ncc2cc(C(C)(C)C)cc(F)c2c1=O. The molecule has 5 aromatic rings. The molecule has 1 aliphatic rings. The molecule has 0 radical (unpaired) electrons. The highest BCUT2D eigenvalue weighted by Gasteiger charge is 2.22. The zero-order valence-electron chi connectivity index (χ0n) is 25.1. The third kappa shape index (κ3) is 5.03. The smallest absolute Gasteiger partial charge is 0.283 e. The normalized spacial score (nSPS) is 15.1. The minimum atomic E-state index is -0.589. The van der Waals surface area contributed by atoms with E-state index in [4.69, 9.17) is 4.74 Å². The first-order chi connectivity index (χ1) is 20.5. The van der Waals surface area contributed by atoms with Crippen LogP contribution in [0.3, 0.4) is 0 Å². The van der Waals surface area contributed by atoms with Gasteiger partial charge in [-0.3, -0.25) is 14.3 Å². The van der Waals surface area contributed by atoms with E-state index in [0.717, 1.165) is 32.6 Å². The molecule has 222 valence electrons. The molecular formula is C32H34FN7O3. The summed E-state index contributed by atoms with van der Waals surface area (Å²) in [6.07, 6.45) is 5.25. The Morgan fingerprint density at radius 3 is 2.65 bits per heavy atom. The van der Waals surface area contributed by atoms with Gasteiger partial charge >= 0.3 is 0 Å². The molecule has 0 aliphatic carbocycles. The first-order valence-corrected chi connectivity index (χ1v) is 14.3. The summed E-state index contributed by atoms with van der Waals surface area (Å²) in [7, 11) is 1.68. The molecule has 1 atom stereocenters. The lowest BCUT2D eigenvalue weighted by molar-refractivity contribution is 0.0289. The molecule has 1 aliphatic heterocycles. The molecular weight excluding hydrogens is 549 g/mol. The van der Waals surface area contributed by atoms with E-state index < -0.39 is 11.4 Å². The fourth-order valence-corrected chi connectivity index (χ4v) is 5.59. The van der Waals surface area contributed by atoms with Crippen LogP contribution in [0.2, 0.25) is 0 Å². The van der Waals surface area contributed by atoms with Crippen LogP contribution in [0, 0.1) is 5.82 Å². The predicted octanol–water partition coefficient (Wildman–Crippen LogP) is 5.18. The summed E-state index contributed by atoms with van der Waals surface area (Å²) >= 11 is 0. The van der Waals surface area contributed by atoms with Crippen molar-refractivity contribution in [1.29, 1.82) is 0 Å². The van der Waals surface area contributed by atoms with Crippen molar-refractivity contribution in [1.82, 2.24) is 29.1 Å². The molecule has 10 nitrogen and oxygen atoms in total. The highest BCUT2D eigenvalue weighted by molar-refractivity contribution is 5.83. The van der Waals surface area contributed by atoms with Crippen molar-refractivity contribution in [2.24, 2.45) is 7.05 Å². The average Bonchev–Trinajstić information content (AvgIpc) is 3.38. The Bertz CT molecular complexity index is 2000. The first kappa shape index (κ1) is 28.5. The fraction of sp³-hybridized carbons (Fsp3) is 0.344. The Hall–Kier alpha value is -4.64. The van der Waals surface area contributed by atoms with Crippen molar-refractivity contribution < 1.29 is 9.13 Å². The number of aryl methyl sites for hydroxylation is 1. The monoisotopic (exact) mass is 583 g/mol. The molecule has 0 spiro atoms. The van der Waals surface area contributed by atoms with Crippen LogP contribution in [0.5, 0.6) is 0 Å². The van der Waals surface area contributed by atoms with Crippen LogP contribution in [0.1, 0.15) is 57.5 Å². The van der Waals surface area contributed by atoms with Gasteiger partial charge in [0.15, 0.2) is 11.6 Å². The number of anilines is 2.